The summed E-state index contributed by atoms with van der Waals surface area (Å²) in [6, 6.07) is 20.6. The first-order chi connectivity index (χ1) is 18.5. The van der Waals surface area contributed by atoms with Gasteiger partial charge >= 0.3 is 0 Å². The van der Waals surface area contributed by atoms with Gasteiger partial charge in [0, 0.05) is 47.7 Å². The molecular weight excluding hydrogens is 552 g/mol. The van der Waals surface area contributed by atoms with E-state index in [1.54, 1.807) is 20.3 Å². The predicted octanol–water partition coefficient (Wildman–Crippen LogP) is 4.30. The summed E-state index contributed by atoms with van der Waals surface area (Å²) in [6.07, 6.45) is 0.936. The number of carbonyl (C=O) groups is 1. The molecule has 38 heavy (non-hydrogen) atoms. The fourth-order valence-corrected chi connectivity index (χ4v) is 4.37. The number of ether oxygens (including phenoxy) is 4. The lowest BCUT2D eigenvalue weighted by atomic mass is 9.91. The Morgan fingerprint density at radius 3 is 2.47 bits per heavy atom. The van der Waals surface area contributed by atoms with E-state index in [0.717, 1.165) is 21.2 Å². The number of carbonyl (C=O) groups excluding carboxylic acids is 1. The first-order valence-electron chi connectivity index (χ1n) is 12.3. The number of methoxy groups -OCH3 is 2. The van der Waals surface area contributed by atoms with Crippen molar-refractivity contribution < 1.29 is 28.8 Å². The Bertz CT molecular complexity index is 1260. The molecule has 1 aliphatic rings. The van der Waals surface area contributed by atoms with Crippen LogP contribution in [0.5, 0.6) is 17.2 Å². The molecule has 0 aliphatic carbocycles. The number of aliphatic imine (C=N–C) groups is 1. The molecule has 1 atom stereocenters. The van der Waals surface area contributed by atoms with E-state index in [1.165, 1.54) is 0 Å². The zero-order chi connectivity index (χ0) is 27.0. The van der Waals surface area contributed by atoms with Crippen LogP contribution < -0.4 is 19.5 Å². The highest BCUT2D eigenvalue weighted by Crippen LogP contribution is 2.29. The van der Waals surface area contributed by atoms with Gasteiger partial charge in [0.25, 0.3) is 5.91 Å². The summed E-state index contributed by atoms with van der Waals surface area (Å²) >= 11 is 3.47. The van der Waals surface area contributed by atoms with E-state index in [9.17, 15) is 4.79 Å². The van der Waals surface area contributed by atoms with Crippen molar-refractivity contribution >= 4 is 27.7 Å². The Kier molecular flexibility index (Phi) is 9.25. The number of benzene rings is 3. The Labute approximate surface area is 230 Å². The van der Waals surface area contributed by atoms with Gasteiger partial charge in [0.15, 0.2) is 5.54 Å². The van der Waals surface area contributed by atoms with Gasteiger partial charge in [0.05, 0.1) is 20.8 Å². The van der Waals surface area contributed by atoms with E-state index in [-0.39, 0.29) is 25.7 Å². The molecule has 8 nitrogen and oxygen atoms in total. The SMILES string of the molecule is COc1ccc(CNC(=O)[C@@]2(Cc3ccc(Br)cc3)COC(c3ccc(OCCCO)cc3)=N2)c(OC)c1. The van der Waals surface area contributed by atoms with Crippen LogP contribution in [0.4, 0.5) is 0 Å². The molecule has 3 aromatic carbocycles. The van der Waals surface area contributed by atoms with Crippen LogP contribution >= 0.6 is 15.9 Å². The minimum atomic E-state index is -1.14. The third-order valence-corrected chi connectivity index (χ3v) is 6.73. The number of aliphatic hydroxyl groups is 1. The summed E-state index contributed by atoms with van der Waals surface area (Å²) < 4.78 is 23.3. The van der Waals surface area contributed by atoms with Gasteiger partial charge in [-0.2, -0.15) is 0 Å². The maximum Gasteiger partial charge on any atom is 0.252 e. The molecule has 0 radical (unpaired) electrons. The van der Waals surface area contributed by atoms with Crippen LogP contribution in [0.15, 0.2) is 76.2 Å². The van der Waals surface area contributed by atoms with E-state index in [4.69, 9.17) is 29.0 Å². The largest absolute Gasteiger partial charge is 0.497 e. The smallest absolute Gasteiger partial charge is 0.252 e. The average molecular weight is 583 g/mol. The van der Waals surface area contributed by atoms with Crippen molar-refractivity contribution in [2.75, 3.05) is 34.0 Å². The lowest BCUT2D eigenvalue weighted by Gasteiger charge is -2.23. The highest BCUT2D eigenvalue weighted by molar-refractivity contribution is 9.10. The molecule has 4 rings (SSSR count). The maximum atomic E-state index is 13.7. The van der Waals surface area contributed by atoms with Crippen molar-refractivity contribution in [3.8, 4) is 17.2 Å². The van der Waals surface area contributed by atoms with E-state index >= 15 is 0 Å². The van der Waals surface area contributed by atoms with Crippen LogP contribution in [0.25, 0.3) is 0 Å². The van der Waals surface area contributed by atoms with Gasteiger partial charge in [-0.1, -0.05) is 28.1 Å². The number of rotatable bonds is 12. The number of hydrogen-bond acceptors (Lipinski definition) is 7. The van der Waals surface area contributed by atoms with E-state index in [1.807, 2.05) is 60.7 Å². The second-order valence-corrected chi connectivity index (χ2v) is 9.77. The standard InChI is InChI=1S/C29H31BrN2O6/c1-35-25-13-8-22(26(16-25)36-2)18-31-28(34)29(17-20-4-9-23(30)10-5-20)19-38-27(32-29)21-6-11-24(12-7-21)37-15-3-14-33/h4-13,16,33H,3,14-15,17-19H2,1-2H3,(H,31,34)/t29-/m1/s1. The summed E-state index contributed by atoms with van der Waals surface area (Å²) in [6.45, 7) is 0.886. The fourth-order valence-electron chi connectivity index (χ4n) is 4.11. The molecule has 3 aromatic rings. The van der Waals surface area contributed by atoms with Gasteiger partial charge in [0.2, 0.25) is 5.90 Å². The van der Waals surface area contributed by atoms with Gasteiger partial charge in [-0.05, 0) is 54.1 Å². The summed E-state index contributed by atoms with van der Waals surface area (Å²) in [7, 11) is 3.18. The minimum Gasteiger partial charge on any atom is -0.497 e. The van der Waals surface area contributed by atoms with Crippen LogP contribution in [0, 0.1) is 0 Å². The van der Waals surface area contributed by atoms with Gasteiger partial charge in [-0.25, -0.2) is 4.99 Å². The van der Waals surface area contributed by atoms with Crippen LogP contribution in [0.3, 0.4) is 0 Å². The average Bonchev–Trinajstić information content (AvgIpc) is 3.38. The molecule has 9 heteroatoms. The van der Waals surface area contributed by atoms with Crippen LogP contribution in [0.1, 0.15) is 23.1 Å². The summed E-state index contributed by atoms with van der Waals surface area (Å²) in [5.41, 5.74) is 1.40. The highest BCUT2D eigenvalue weighted by Gasteiger charge is 2.44. The molecule has 1 aliphatic heterocycles. The first-order valence-corrected chi connectivity index (χ1v) is 13.1. The maximum absolute atomic E-state index is 13.7. The van der Waals surface area contributed by atoms with E-state index in [2.05, 4.69) is 21.2 Å². The number of halogens is 1. The topological polar surface area (TPSA) is 98.6 Å². The van der Waals surface area contributed by atoms with Gasteiger partial charge < -0.3 is 29.4 Å². The lowest BCUT2D eigenvalue weighted by molar-refractivity contribution is -0.126. The van der Waals surface area contributed by atoms with Crippen molar-refractivity contribution in [3.05, 3.63) is 87.9 Å². The molecule has 0 aromatic heterocycles. The molecule has 0 fully saturated rings. The number of amides is 1. The van der Waals surface area contributed by atoms with Crippen molar-refractivity contribution in [2.45, 2.75) is 24.9 Å². The number of nitrogens with zero attached hydrogens (tertiary/aromatic N) is 1. The fraction of sp³-hybridized carbons (Fsp3) is 0.310. The van der Waals surface area contributed by atoms with Gasteiger partial charge in [-0.15, -0.1) is 0 Å². The molecule has 1 heterocycles. The molecule has 0 unspecified atom stereocenters. The quantitative estimate of drug-likeness (QED) is 0.309. The Morgan fingerprint density at radius 1 is 1.05 bits per heavy atom. The van der Waals surface area contributed by atoms with Crippen LogP contribution in [-0.2, 0) is 22.5 Å². The minimum absolute atomic E-state index is 0.0799. The van der Waals surface area contributed by atoms with Crippen LogP contribution in [0.2, 0.25) is 0 Å². The summed E-state index contributed by atoms with van der Waals surface area (Å²) in [5.74, 6) is 2.15. The summed E-state index contributed by atoms with van der Waals surface area (Å²) in [4.78, 5) is 18.5. The number of nitrogens with one attached hydrogen (secondary N) is 1. The van der Waals surface area contributed by atoms with E-state index < -0.39 is 5.54 Å². The Hall–Kier alpha value is -3.56. The molecule has 0 bridgehead atoms. The molecular formula is C29H31BrN2O6. The number of hydrogen-bond donors (Lipinski definition) is 2. The molecule has 0 spiro atoms. The molecule has 200 valence electrons. The normalized spacial score (nSPS) is 16.4. The van der Waals surface area contributed by atoms with E-state index in [0.29, 0.717) is 42.6 Å². The third-order valence-electron chi connectivity index (χ3n) is 6.20. The number of aliphatic hydroxyl groups excluding tert-OH is 1. The zero-order valence-corrected chi connectivity index (χ0v) is 23.0. The molecule has 0 saturated carbocycles. The second kappa shape index (κ2) is 12.8. The monoisotopic (exact) mass is 582 g/mol. The summed E-state index contributed by atoms with van der Waals surface area (Å²) in [5, 5.41) is 12.0. The first kappa shape index (κ1) is 27.5. The molecule has 1 amide bonds. The molecule has 2 N–H and O–H groups in total. The lowest BCUT2D eigenvalue weighted by Crippen LogP contribution is -2.48. The van der Waals surface area contributed by atoms with Crippen molar-refractivity contribution in [3.63, 3.8) is 0 Å². The molecule has 0 saturated heterocycles. The highest BCUT2D eigenvalue weighted by atomic mass is 79.9. The van der Waals surface area contributed by atoms with Crippen molar-refractivity contribution in [1.82, 2.24) is 5.32 Å². The second-order valence-electron chi connectivity index (χ2n) is 8.85. The van der Waals surface area contributed by atoms with Gasteiger partial charge in [-0.3, -0.25) is 4.79 Å². The van der Waals surface area contributed by atoms with Crippen molar-refractivity contribution in [2.24, 2.45) is 4.99 Å². The zero-order valence-electron chi connectivity index (χ0n) is 21.4. The van der Waals surface area contributed by atoms with Crippen LogP contribution in [-0.4, -0.2) is 56.5 Å². The third kappa shape index (κ3) is 6.65. The Balaban J connectivity index is 1.56. The Morgan fingerprint density at radius 2 is 1.79 bits per heavy atom. The van der Waals surface area contributed by atoms with Crippen molar-refractivity contribution in [1.29, 1.82) is 0 Å². The predicted molar refractivity (Wildman–Crippen MR) is 148 cm³/mol. The van der Waals surface area contributed by atoms with Gasteiger partial charge in [0.1, 0.15) is 23.9 Å².